The van der Waals surface area contributed by atoms with E-state index in [1.54, 1.807) is 12.1 Å². The zero-order valence-electron chi connectivity index (χ0n) is 60.5. The molecule has 0 amide bonds. The fourth-order valence-electron chi connectivity index (χ4n) is 15.2. The molecular formula is C85H106F2N2O4. The maximum atomic E-state index is 16.2. The van der Waals surface area contributed by atoms with E-state index in [1.165, 1.54) is 41.0 Å². The minimum Gasteiger partial charge on any atom is -0.505 e. The Kier molecular flexibility index (Phi) is 17.5. The normalized spacial score (nSPS) is 16.2. The first-order valence-electron chi connectivity index (χ1n) is 33.9. The molecule has 8 heteroatoms. The highest BCUT2D eigenvalue weighted by molar-refractivity contribution is 6.10. The Bertz CT molecular complexity index is 4300. The Labute approximate surface area is 555 Å². The number of hydrogen-bond donors (Lipinski definition) is 2. The molecule has 1 unspecified atom stereocenters. The van der Waals surface area contributed by atoms with E-state index in [1.807, 2.05) is 13.0 Å². The Morgan fingerprint density at radius 1 is 0.473 bits per heavy atom. The van der Waals surface area contributed by atoms with Crippen LogP contribution in [0, 0.1) is 27.9 Å². The zero-order valence-corrected chi connectivity index (χ0v) is 60.5. The van der Waals surface area contributed by atoms with Crippen LogP contribution in [-0.2, 0) is 38.2 Å². The van der Waals surface area contributed by atoms with Gasteiger partial charge < -0.3 is 28.8 Å². The maximum absolute atomic E-state index is 16.2. The number of hydrogen-bond acceptors (Lipinski definition) is 4. The van der Waals surface area contributed by atoms with Gasteiger partial charge in [-0.3, -0.25) is 0 Å². The molecule has 3 atom stereocenters. The summed E-state index contributed by atoms with van der Waals surface area (Å²) in [5.41, 5.74) is 11.8. The van der Waals surface area contributed by atoms with Crippen molar-refractivity contribution < 1.29 is 28.5 Å². The van der Waals surface area contributed by atoms with Crippen molar-refractivity contribution in [2.24, 2.45) is 16.2 Å². The van der Waals surface area contributed by atoms with Crippen molar-refractivity contribution in [2.45, 2.75) is 237 Å². The summed E-state index contributed by atoms with van der Waals surface area (Å²) >= 11 is 0. The van der Waals surface area contributed by atoms with Crippen LogP contribution in [0.3, 0.4) is 0 Å². The molecule has 1 aliphatic carbocycles. The Balaban J connectivity index is 1.05. The molecule has 0 saturated carbocycles. The highest BCUT2D eigenvalue weighted by Crippen LogP contribution is 2.52. The molecule has 6 nitrogen and oxygen atoms in total. The van der Waals surface area contributed by atoms with E-state index in [0.29, 0.717) is 52.2 Å². The van der Waals surface area contributed by atoms with Crippen molar-refractivity contribution in [3.63, 3.8) is 0 Å². The first-order valence-corrected chi connectivity index (χ1v) is 33.9. The van der Waals surface area contributed by atoms with E-state index < -0.39 is 22.9 Å². The first-order chi connectivity index (χ1) is 42.8. The lowest BCUT2D eigenvalue weighted by Crippen LogP contribution is -2.49. The van der Waals surface area contributed by atoms with Crippen molar-refractivity contribution in [1.82, 2.24) is 9.13 Å². The van der Waals surface area contributed by atoms with Crippen molar-refractivity contribution >= 4 is 38.8 Å². The van der Waals surface area contributed by atoms with Crippen LogP contribution in [0.5, 0.6) is 17.2 Å². The Morgan fingerprint density at radius 3 is 1.42 bits per heavy atom. The molecule has 7 aromatic carbocycles. The number of phenolic OH excluding ortho intramolecular Hbond substituents is 2. The number of benzene rings is 7. The monoisotopic (exact) mass is 1260 g/mol. The van der Waals surface area contributed by atoms with Crippen LogP contribution in [-0.4, -0.2) is 37.2 Å². The number of halogens is 2. The molecule has 2 aromatic heterocycles. The highest BCUT2D eigenvalue weighted by Gasteiger charge is 2.46. The highest BCUT2D eigenvalue weighted by atomic mass is 19.1. The average molecular weight is 1260 g/mol. The molecule has 0 radical (unpaired) electrons. The van der Waals surface area contributed by atoms with Gasteiger partial charge in [0.05, 0.1) is 51.4 Å². The van der Waals surface area contributed by atoms with Gasteiger partial charge in [0.15, 0.2) is 0 Å². The standard InChI is InChI=1S/C85H106F2N2O4/c1-51(92-74-35-31-60(87)47-65(74)66-44-58(84(23,24)50-78(6,7)8)46-73(76(66)91)88-68-32-28-54(79(9,10)11)40-62(68)63-41-55(80(12,13)14)29-33-69(63)88)38-52(2)93-85(82(18,19)20)37-36-71-67(48-85)64-42-56(81(15,16)17)30-34-70(64)89(71)72-45-57(83(21,22)49-77(3,4)5)43-61(75(72)90)53-26-25-27-59(86)39-53/h25-37,39-47,51-52,90-91H,38,48-50H2,1-24H3/t51-,52+,85?/m0/s1. The number of aromatic hydroxyl groups is 2. The molecule has 1 aliphatic rings. The van der Waals surface area contributed by atoms with E-state index in [0.717, 1.165) is 67.9 Å². The number of rotatable bonds is 14. The molecular weight excluding hydrogens is 1150 g/mol. The fourth-order valence-corrected chi connectivity index (χ4v) is 15.2. The van der Waals surface area contributed by atoms with Gasteiger partial charge in [-0.05, 0) is 212 Å². The molecule has 0 spiro atoms. The van der Waals surface area contributed by atoms with Crippen molar-refractivity contribution in [2.75, 3.05) is 0 Å². The number of nitrogens with zero attached hydrogens (tertiary/aromatic N) is 2. The summed E-state index contributed by atoms with van der Waals surface area (Å²) in [5.74, 6) is -0.223. The Hall–Kier alpha value is -7.16. The summed E-state index contributed by atoms with van der Waals surface area (Å²) in [6.45, 7) is 53.6. The second-order valence-corrected chi connectivity index (χ2v) is 35.4. The number of fused-ring (bicyclic) bond motifs is 6. The van der Waals surface area contributed by atoms with Gasteiger partial charge in [-0.1, -0.05) is 183 Å². The minimum atomic E-state index is -0.805. The molecule has 10 rings (SSSR count). The summed E-state index contributed by atoms with van der Waals surface area (Å²) in [7, 11) is 0. The predicted octanol–water partition coefficient (Wildman–Crippen LogP) is 23.7. The van der Waals surface area contributed by atoms with Gasteiger partial charge >= 0.3 is 0 Å². The minimum absolute atomic E-state index is 0.00280. The van der Waals surface area contributed by atoms with E-state index >= 15 is 8.78 Å². The molecule has 9 aromatic rings. The summed E-state index contributed by atoms with van der Waals surface area (Å²) in [6, 6.07) is 39.7. The molecule has 0 aliphatic heterocycles. The van der Waals surface area contributed by atoms with Crippen LogP contribution < -0.4 is 4.74 Å². The van der Waals surface area contributed by atoms with Crippen LogP contribution >= 0.6 is 0 Å². The third kappa shape index (κ3) is 13.7. The van der Waals surface area contributed by atoms with E-state index in [-0.39, 0.29) is 61.3 Å². The van der Waals surface area contributed by atoms with Crippen LogP contribution in [0.2, 0.25) is 0 Å². The second kappa shape index (κ2) is 23.6. The smallest absolute Gasteiger partial charge is 0.147 e. The predicted molar refractivity (Wildman–Crippen MR) is 389 cm³/mol. The van der Waals surface area contributed by atoms with Gasteiger partial charge in [-0.15, -0.1) is 0 Å². The number of phenols is 2. The zero-order chi connectivity index (χ0) is 68.5. The Morgan fingerprint density at radius 2 is 0.935 bits per heavy atom. The summed E-state index contributed by atoms with van der Waals surface area (Å²) in [5, 5.41) is 29.2. The summed E-state index contributed by atoms with van der Waals surface area (Å²) in [4.78, 5) is 0. The van der Waals surface area contributed by atoms with Gasteiger partial charge in [0.2, 0.25) is 0 Å². The third-order valence-corrected chi connectivity index (χ3v) is 19.6. The molecule has 2 heterocycles. The first kappa shape index (κ1) is 68.7. The lowest BCUT2D eigenvalue weighted by atomic mass is 9.70. The van der Waals surface area contributed by atoms with Crippen molar-refractivity contribution in [3.05, 3.63) is 178 Å². The van der Waals surface area contributed by atoms with Crippen molar-refractivity contribution in [3.8, 4) is 50.9 Å². The summed E-state index contributed by atoms with van der Waals surface area (Å²) in [6.07, 6.45) is 6.42. The van der Waals surface area contributed by atoms with E-state index in [2.05, 4.69) is 259 Å². The van der Waals surface area contributed by atoms with Crippen molar-refractivity contribution in [1.29, 1.82) is 0 Å². The van der Waals surface area contributed by atoms with Crippen LogP contribution in [0.1, 0.15) is 225 Å². The molecule has 2 N–H and O–H groups in total. The fraction of sp³-hybridized carbons (Fsp3) is 0.459. The quantitative estimate of drug-likeness (QED) is 0.114. The molecule has 0 fully saturated rings. The third-order valence-electron chi connectivity index (χ3n) is 19.6. The van der Waals surface area contributed by atoms with Gasteiger partial charge in [-0.2, -0.15) is 0 Å². The molecule has 0 bridgehead atoms. The average Bonchev–Trinajstić information content (AvgIpc) is 1.60. The van der Waals surface area contributed by atoms with E-state index in [9.17, 15) is 10.2 Å². The molecule has 0 saturated heterocycles. The lowest BCUT2D eigenvalue weighted by Gasteiger charge is -2.46. The van der Waals surface area contributed by atoms with Gasteiger partial charge in [0.25, 0.3) is 0 Å². The van der Waals surface area contributed by atoms with Gasteiger partial charge in [0.1, 0.15) is 28.9 Å². The number of ether oxygens (including phenoxy) is 2. The molecule has 494 valence electrons. The number of aromatic nitrogens is 2. The maximum Gasteiger partial charge on any atom is 0.147 e. The van der Waals surface area contributed by atoms with Gasteiger partial charge in [-0.25, -0.2) is 8.78 Å². The topological polar surface area (TPSA) is 68.8 Å². The second-order valence-electron chi connectivity index (χ2n) is 35.4. The summed E-state index contributed by atoms with van der Waals surface area (Å²) < 4.78 is 50.3. The van der Waals surface area contributed by atoms with E-state index in [4.69, 9.17) is 9.47 Å². The van der Waals surface area contributed by atoms with Gasteiger partial charge in [0, 0.05) is 45.7 Å². The largest absolute Gasteiger partial charge is 0.505 e. The lowest BCUT2D eigenvalue weighted by molar-refractivity contribution is -0.123. The molecule has 93 heavy (non-hydrogen) atoms. The van der Waals surface area contributed by atoms with Crippen LogP contribution in [0.25, 0.3) is 72.4 Å². The SMILES string of the molecule is C[C@H](C[C@H](C)Oc1ccc(F)cc1-c1cc(C(C)(C)CC(C)(C)C)cc(-n2c3ccc(C(C)(C)C)cc3c3cc(C(C)(C)C)ccc32)c1O)OC1(C(C)(C)C)C=Cc2c(c3cc(C(C)(C)C)ccc3n2-c2cc(C(C)(C)CC(C)(C)C)cc(-c3cccc(F)c3)c2O)C1. The van der Waals surface area contributed by atoms with Crippen LogP contribution in [0.15, 0.2) is 127 Å². The van der Waals surface area contributed by atoms with Crippen LogP contribution in [0.4, 0.5) is 8.78 Å².